The molecule has 0 aliphatic heterocycles. The average molecular weight is 614 g/mol. The van der Waals surface area contributed by atoms with Gasteiger partial charge in [-0.3, -0.25) is 0 Å². The summed E-state index contributed by atoms with van der Waals surface area (Å²) in [6, 6.07) is 45.0. The molecule has 0 amide bonds. The molecule has 45 heavy (non-hydrogen) atoms. The second kappa shape index (κ2) is 12.5. The van der Waals surface area contributed by atoms with Crippen molar-refractivity contribution in [2.75, 3.05) is 0 Å². The maximum atomic E-state index is 6.39. The second-order valence-electron chi connectivity index (χ2n) is 13.2. The van der Waals surface area contributed by atoms with Crippen LogP contribution in [0.4, 0.5) is 0 Å². The van der Waals surface area contributed by atoms with E-state index in [0.717, 1.165) is 17.2 Å². The molecule has 6 aromatic rings. The van der Waals surface area contributed by atoms with Crippen LogP contribution in [-0.2, 0) is 17.5 Å². The fourth-order valence-electron chi connectivity index (χ4n) is 5.49. The number of benzene rings is 6. The maximum Gasteiger partial charge on any atom is 0.166 e. The Kier molecular flexibility index (Phi) is 8.52. The lowest BCUT2D eigenvalue weighted by molar-refractivity contribution is 0.130. The normalized spacial score (nSPS) is 12.1. The van der Waals surface area contributed by atoms with Gasteiger partial charge in [0.15, 0.2) is 14.7 Å². The van der Waals surface area contributed by atoms with Crippen molar-refractivity contribution in [3.8, 4) is 17.2 Å². The average Bonchev–Trinajstić information content (AvgIpc) is 3.01. The quantitative estimate of drug-likeness (QED) is 0.126. The zero-order valence-corrected chi connectivity index (χ0v) is 27.8. The van der Waals surface area contributed by atoms with Crippen molar-refractivity contribution in [2.45, 2.75) is 74.0 Å². The Hall–Kier alpha value is -4.41. The molecule has 0 bridgehead atoms. The van der Waals surface area contributed by atoms with E-state index in [0.29, 0.717) is 6.61 Å². The molecule has 0 N–H and O–H groups in total. The first-order chi connectivity index (χ1) is 21.5. The van der Waals surface area contributed by atoms with E-state index in [4.69, 9.17) is 14.2 Å². The van der Waals surface area contributed by atoms with Crippen LogP contribution < -0.4 is 14.2 Å². The molecule has 0 aliphatic carbocycles. The molecule has 0 saturated heterocycles. The summed E-state index contributed by atoms with van der Waals surface area (Å²) >= 11 is 0. The third kappa shape index (κ3) is 7.46. The summed E-state index contributed by atoms with van der Waals surface area (Å²) in [7, 11) is -0.327. The van der Waals surface area contributed by atoms with Crippen LogP contribution in [0.25, 0.3) is 21.5 Å². The molecule has 6 rings (SSSR count). The van der Waals surface area contributed by atoms with Crippen LogP contribution in [0.3, 0.4) is 0 Å². The van der Waals surface area contributed by atoms with E-state index < -0.39 is 0 Å². The molecule has 0 aliphatic rings. The number of rotatable bonds is 8. The van der Waals surface area contributed by atoms with E-state index in [1.807, 2.05) is 0 Å². The zero-order valence-electron chi connectivity index (χ0n) is 27.0. The van der Waals surface area contributed by atoms with E-state index >= 15 is 0 Å². The molecular formula is C41H41O3S+. The van der Waals surface area contributed by atoms with Crippen molar-refractivity contribution in [2.24, 2.45) is 0 Å². The third-order valence-electron chi connectivity index (χ3n) is 7.27. The monoisotopic (exact) mass is 613 g/mol. The molecular weight excluding hydrogens is 573 g/mol. The van der Waals surface area contributed by atoms with Crippen molar-refractivity contribution < 1.29 is 14.2 Å². The highest BCUT2D eigenvalue weighted by Gasteiger charge is 2.29. The summed E-state index contributed by atoms with van der Waals surface area (Å²) < 4.78 is 18.6. The van der Waals surface area contributed by atoms with E-state index in [2.05, 4.69) is 169 Å². The lowest BCUT2D eigenvalue weighted by Gasteiger charge is -2.21. The molecule has 0 saturated carbocycles. The summed E-state index contributed by atoms with van der Waals surface area (Å²) in [4.78, 5) is 3.65. The Bertz CT molecular complexity index is 1840. The zero-order chi connectivity index (χ0) is 31.6. The largest absolute Gasteiger partial charge is 0.489 e. The van der Waals surface area contributed by atoms with Gasteiger partial charge >= 0.3 is 0 Å². The van der Waals surface area contributed by atoms with Gasteiger partial charge in [0.25, 0.3) is 0 Å². The highest BCUT2D eigenvalue weighted by atomic mass is 32.2. The molecule has 3 nitrogen and oxygen atoms in total. The molecule has 4 heteroatoms. The van der Waals surface area contributed by atoms with Gasteiger partial charge in [0.05, 0.1) is 10.9 Å². The van der Waals surface area contributed by atoms with Gasteiger partial charge in [-0.15, -0.1) is 0 Å². The molecule has 0 unspecified atom stereocenters. The minimum absolute atomic E-state index is 0.249. The topological polar surface area (TPSA) is 27.7 Å². The smallest absolute Gasteiger partial charge is 0.166 e. The van der Waals surface area contributed by atoms with E-state index in [9.17, 15) is 0 Å². The van der Waals surface area contributed by atoms with E-state index in [1.54, 1.807) is 0 Å². The number of hydrogen-bond donors (Lipinski definition) is 0. The first-order valence-corrected chi connectivity index (χ1v) is 16.7. The van der Waals surface area contributed by atoms with E-state index in [1.165, 1.54) is 41.8 Å². The van der Waals surface area contributed by atoms with E-state index in [-0.39, 0.29) is 22.1 Å². The SMILES string of the molecule is CC(C)(C)Oc1ccc([S+](c2ccc(OCc3cc4ccccc4c4ccccc34)cc2)c2ccc(OC(C)(C)C)cc2)cc1. The van der Waals surface area contributed by atoms with Crippen LogP contribution in [0.15, 0.2) is 142 Å². The van der Waals surface area contributed by atoms with Crippen molar-refractivity contribution >= 4 is 32.4 Å². The van der Waals surface area contributed by atoms with Gasteiger partial charge in [-0.1, -0.05) is 48.5 Å². The Morgan fingerprint density at radius 3 is 1.38 bits per heavy atom. The molecule has 0 spiro atoms. The summed E-state index contributed by atoms with van der Waals surface area (Å²) in [6.07, 6.45) is 0. The molecule has 0 atom stereocenters. The lowest BCUT2D eigenvalue weighted by atomic mass is 9.98. The summed E-state index contributed by atoms with van der Waals surface area (Å²) in [5.41, 5.74) is 0.686. The summed E-state index contributed by atoms with van der Waals surface area (Å²) in [5, 5.41) is 4.98. The molecule has 0 heterocycles. The fourth-order valence-corrected chi connectivity index (χ4v) is 7.53. The predicted octanol–water partition coefficient (Wildman–Crippen LogP) is 11.0. The van der Waals surface area contributed by atoms with Gasteiger partial charge in [-0.2, -0.15) is 0 Å². The molecule has 0 fully saturated rings. The number of fused-ring (bicyclic) bond motifs is 3. The van der Waals surface area contributed by atoms with Crippen molar-refractivity contribution in [3.05, 3.63) is 133 Å². The van der Waals surface area contributed by atoms with Crippen LogP contribution in [0.5, 0.6) is 17.2 Å². The first kappa shape index (κ1) is 30.6. The van der Waals surface area contributed by atoms with Crippen molar-refractivity contribution in [1.29, 1.82) is 0 Å². The Balaban J connectivity index is 1.28. The standard InChI is InChI=1S/C41H41O3S/c1-40(2,3)43-32-17-23-35(24-18-32)45(36-25-19-33(20-26-36)44-41(4,5)6)34-21-15-31(16-22-34)42-28-30-27-29-11-7-8-12-37(29)39-14-10-9-13-38(30)39/h7-27H,28H2,1-6H3/q+1. The first-order valence-electron chi connectivity index (χ1n) is 15.5. The highest BCUT2D eigenvalue weighted by Crippen LogP contribution is 2.35. The van der Waals surface area contributed by atoms with Crippen LogP contribution in [0, 0.1) is 0 Å². The van der Waals surface area contributed by atoms with Crippen LogP contribution >= 0.6 is 0 Å². The van der Waals surface area contributed by atoms with Gasteiger partial charge in [0.2, 0.25) is 0 Å². The molecule has 228 valence electrons. The molecule has 6 aromatic carbocycles. The predicted molar refractivity (Wildman–Crippen MR) is 188 cm³/mol. The summed E-state index contributed by atoms with van der Waals surface area (Å²) in [5.74, 6) is 2.59. The Morgan fingerprint density at radius 1 is 0.467 bits per heavy atom. The maximum absolute atomic E-state index is 6.39. The van der Waals surface area contributed by atoms with Crippen molar-refractivity contribution in [1.82, 2.24) is 0 Å². The minimum atomic E-state index is -0.327. The Labute approximate surface area is 270 Å². The lowest BCUT2D eigenvalue weighted by Crippen LogP contribution is -2.23. The highest BCUT2D eigenvalue weighted by molar-refractivity contribution is 7.97. The van der Waals surface area contributed by atoms with Gasteiger partial charge in [0.1, 0.15) is 35.1 Å². The van der Waals surface area contributed by atoms with Gasteiger partial charge in [-0.25, -0.2) is 0 Å². The van der Waals surface area contributed by atoms with Crippen LogP contribution in [0.2, 0.25) is 0 Å². The number of hydrogen-bond acceptors (Lipinski definition) is 3. The van der Waals surface area contributed by atoms with Crippen LogP contribution in [0.1, 0.15) is 47.1 Å². The fraction of sp³-hybridized carbons (Fsp3) is 0.220. The third-order valence-corrected chi connectivity index (χ3v) is 9.51. The number of ether oxygens (including phenoxy) is 3. The van der Waals surface area contributed by atoms with Crippen LogP contribution in [-0.4, -0.2) is 11.2 Å². The van der Waals surface area contributed by atoms with Crippen molar-refractivity contribution in [3.63, 3.8) is 0 Å². The van der Waals surface area contributed by atoms with Gasteiger partial charge < -0.3 is 14.2 Å². The van der Waals surface area contributed by atoms with Gasteiger partial charge in [0, 0.05) is 0 Å². The Morgan fingerprint density at radius 2 is 0.889 bits per heavy atom. The second-order valence-corrected chi connectivity index (χ2v) is 15.3. The molecule has 0 aromatic heterocycles. The minimum Gasteiger partial charge on any atom is -0.489 e. The summed E-state index contributed by atoms with van der Waals surface area (Å²) in [6.45, 7) is 12.9. The molecule has 0 radical (unpaired) electrons. The van der Waals surface area contributed by atoms with Gasteiger partial charge in [-0.05, 0) is 148 Å².